The first kappa shape index (κ1) is 10.2. The number of hydrogen-bond donors (Lipinski definition) is 2. The normalized spacial score (nSPS) is 33.0. The first-order valence-electron chi connectivity index (χ1n) is 3.40. The largest absolute Gasteiger partial charge is 0.378 e. The Morgan fingerprint density at radius 1 is 1.60 bits per heavy atom. The maximum atomic E-state index is 5.31. The van der Waals surface area contributed by atoms with Gasteiger partial charge < -0.3 is 4.74 Å². The van der Waals surface area contributed by atoms with Crippen LogP contribution in [0.4, 0.5) is 0 Å². The molecule has 4 heteroatoms. The van der Waals surface area contributed by atoms with Gasteiger partial charge in [0.15, 0.2) is 0 Å². The molecule has 1 fully saturated rings. The Hall–Kier alpha value is 0.170. The highest BCUT2D eigenvalue weighted by Crippen LogP contribution is 2.11. The van der Waals surface area contributed by atoms with E-state index >= 15 is 0 Å². The Bertz CT molecular complexity index is 91.8. The van der Waals surface area contributed by atoms with Gasteiger partial charge >= 0.3 is 0 Å². The van der Waals surface area contributed by atoms with E-state index in [-0.39, 0.29) is 12.4 Å². The number of nitrogens with two attached hydrogens (primary N) is 1. The minimum atomic E-state index is 0. The minimum absolute atomic E-state index is 0. The lowest BCUT2D eigenvalue weighted by molar-refractivity contribution is 0.0134. The summed E-state index contributed by atoms with van der Waals surface area (Å²) in [6, 6.07) is 0.466. The van der Waals surface area contributed by atoms with Crippen LogP contribution in [0.25, 0.3) is 0 Å². The van der Waals surface area contributed by atoms with Crippen molar-refractivity contribution in [1.29, 1.82) is 0 Å². The lowest BCUT2D eigenvalue weighted by Crippen LogP contribution is -2.41. The van der Waals surface area contributed by atoms with E-state index in [2.05, 4.69) is 12.3 Å². The molecule has 62 valence electrons. The van der Waals surface area contributed by atoms with E-state index < -0.39 is 0 Å². The molecular formula is C6H15ClN2O. The van der Waals surface area contributed by atoms with Crippen molar-refractivity contribution in [3.8, 4) is 0 Å². The van der Waals surface area contributed by atoms with Gasteiger partial charge in [-0.2, -0.15) is 0 Å². The van der Waals surface area contributed by atoms with Crippen molar-refractivity contribution in [3.05, 3.63) is 0 Å². The fraction of sp³-hybridized carbons (Fsp3) is 1.00. The standard InChI is InChI=1S/C6H14N2O.ClH/c1-5-4-6(8-7)2-3-9-5;/h5-6,8H,2-4,7H2,1H3;1H. The fourth-order valence-electron chi connectivity index (χ4n) is 1.15. The highest BCUT2D eigenvalue weighted by Gasteiger charge is 2.16. The summed E-state index contributed by atoms with van der Waals surface area (Å²) < 4.78 is 5.31. The van der Waals surface area contributed by atoms with Gasteiger partial charge in [0.1, 0.15) is 0 Å². The zero-order chi connectivity index (χ0) is 6.69. The summed E-state index contributed by atoms with van der Waals surface area (Å²) in [7, 11) is 0. The predicted octanol–water partition coefficient (Wildman–Crippen LogP) is 0.439. The Balaban J connectivity index is 0.000000810. The molecule has 0 aliphatic carbocycles. The summed E-state index contributed by atoms with van der Waals surface area (Å²) in [5.74, 6) is 5.26. The quantitative estimate of drug-likeness (QED) is 0.439. The van der Waals surface area contributed by atoms with Gasteiger partial charge in [-0.15, -0.1) is 12.4 Å². The molecule has 3 N–H and O–H groups in total. The van der Waals surface area contributed by atoms with E-state index in [1.54, 1.807) is 0 Å². The maximum Gasteiger partial charge on any atom is 0.0562 e. The van der Waals surface area contributed by atoms with Gasteiger partial charge in [0.2, 0.25) is 0 Å². The van der Waals surface area contributed by atoms with E-state index in [1.807, 2.05) is 0 Å². The SMILES string of the molecule is CC1CC(NN)CCO1.Cl. The number of rotatable bonds is 1. The van der Waals surface area contributed by atoms with E-state index in [1.165, 1.54) is 0 Å². The number of halogens is 1. The van der Waals surface area contributed by atoms with Gasteiger partial charge in [-0.05, 0) is 19.8 Å². The van der Waals surface area contributed by atoms with Gasteiger partial charge in [-0.3, -0.25) is 11.3 Å². The number of ether oxygens (including phenoxy) is 1. The van der Waals surface area contributed by atoms with Crippen LogP contribution in [-0.4, -0.2) is 18.8 Å². The summed E-state index contributed by atoms with van der Waals surface area (Å²) in [6.07, 6.45) is 2.46. The molecule has 1 aliphatic rings. The molecule has 10 heavy (non-hydrogen) atoms. The second-order valence-electron chi connectivity index (χ2n) is 2.57. The average molecular weight is 167 g/mol. The van der Waals surface area contributed by atoms with Crippen molar-refractivity contribution in [2.24, 2.45) is 5.84 Å². The van der Waals surface area contributed by atoms with Crippen LogP contribution in [0.15, 0.2) is 0 Å². The molecular weight excluding hydrogens is 152 g/mol. The van der Waals surface area contributed by atoms with Crippen LogP contribution >= 0.6 is 12.4 Å². The second kappa shape index (κ2) is 4.91. The highest BCUT2D eigenvalue weighted by atomic mass is 35.5. The maximum absolute atomic E-state index is 5.31. The third kappa shape index (κ3) is 2.84. The molecule has 3 nitrogen and oxygen atoms in total. The lowest BCUT2D eigenvalue weighted by atomic mass is 10.1. The zero-order valence-electron chi connectivity index (χ0n) is 6.17. The van der Waals surface area contributed by atoms with Crippen LogP contribution < -0.4 is 11.3 Å². The Kier molecular flexibility index (Phi) is 4.99. The fourth-order valence-corrected chi connectivity index (χ4v) is 1.15. The van der Waals surface area contributed by atoms with Gasteiger partial charge in [0.05, 0.1) is 6.10 Å². The van der Waals surface area contributed by atoms with E-state index in [0.29, 0.717) is 12.1 Å². The van der Waals surface area contributed by atoms with E-state index in [0.717, 1.165) is 19.4 Å². The van der Waals surface area contributed by atoms with Crippen LogP contribution in [-0.2, 0) is 4.74 Å². The lowest BCUT2D eigenvalue weighted by Gasteiger charge is -2.26. The minimum Gasteiger partial charge on any atom is -0.378 e. The van der Waals surface area contributed by atoms with Crippen molar-refractivity contribution in [2.75, 3.05) is 6.61 Å². The average Bonchev–Trinajstić information content (AvgIpc) is 1.88. The van der Waals surface area contributed by atoms with Crippen molar-refractivity contribution in [3.63, 3.8) is 0 Å². The first-order chi connectivity index (χ1) is 4.33. The van der Waals surface area contributed by atoms with Crippen LogP contribution in [0, 0.1) is 0 Å². The first-order valence-corrected chi connectivity index (χ1v) is 3.40. The monoisotopic (exact) mass is 166 g/mol. The van der Waals surface area contributed by atoms with Gasteiger partial charge in [0.25, 0.3) is 0 Å². The molecule has 2 unspecified atom stereocenters. The number of hydrazine groups is 1. The van der Waals surface area contributed by atoms with Crippen LogP contribution in [0.3, 0.4) is 0 Å². The van der Waals surface area contributed by atoms with Gasteiger partial charge in [-0.1, -0.05) is 0 Å². The molecule has 0 radical (unpaired) electrons. The third-order valence-corrected chi connectivity index (χ3v) is 1.72. The Morgan fingerprint density at radius 2 is 2.30 bits per heavy atom. The molecule has 0 saturated carbocycles. The molecule has 1 saturated heterocycles. The molecule has 0 amide bonds. The van der Waals surface area contributed by atoms with Gasteiger partial charge in [-0.25, -0.2) is 0 Å². The molecule has 0 aromatic rings. The van der Waals surface area contributed by atoms with Crippen molar-refractivity contribution in [2.45, 2.75) is 31.9 Å². The van der Waals surface area contributed by atoms with Crippen LogP contribution in [0.5, 0.6) is 0 Å². The summed E-state index contributed by atoms with van der Waals surface area (Å²) >= 11 is 0. The highest BCUT2D eigenvalue weighted by molar-refractivity contribution is 5.85. The molecule has 0 spiro atoms. The van der Waals surface area contributed by atoms with Crippen molar-refractivity contribution in [1.82, 2.24) is 5.43 Å². The topological polar surface area (TPSA) is 47.3 Å². The van der Waals surface area contributed by atoms with Crippen LogP contribution in [0.1, 0.15) is 19.8 Å². The smallest absolute Gasteiger partial charge is 0.0562 e. The summed E-state index contributed by atoms with van der Waals surface area (Å²) in [5, 5.41) is 0. The van der Waals surface area contributed by atoms with Crippen LogP contribution in [0.2, 0.25) is 0 Å². The predicted molar refractivity (Wildman–Crippen MR) is 43.0 cm³/mol. The number of nitrogens with one attached hydrogen (secondary N) is 1. The number of hydrogen-bond acceptors (Lipinski definition) is 3. The Labute approximate surface area is 67.7 Å². The molecule has 1 aliphatic heterocycles. The van der Waals surface area contributed by atoms with Crippen molar-refractivity contribution >= 4 is 12.4 Å². The summed E-state index contributed by atoms with van der Waals surface area (Å²) in [4.78, 5) is 0. The molecule has 1 heterocycles. The molecule has 2 atom stereocenters. The summed E-state index contributed by atoms with van der Waals surface area (Å²) in [6.45, 7) is 2.92. The second-order valence-corrected chi connectivity index (χ2v) is 2.57. The zero-order valence-corrected chi connectivity index (χ0v) is 6.99. The third-order valence-electron chi connectivity index (χ3n) is 1.72. The van der Waals surface area contributed by atoms with Gasteiger partial charge in [0, 0.05) is 12.6 Å². The molecule has 1 rings (SSSR count). The molecule has 0 bridgehead atoms. The van der Waals surface area contributed by atoms with E-state index in [4.69, 9.17) is 10.6 Å². The van der Waals surface area contributed by atoms with E-state index in [9.17, 15) is 0 Å². The molecule has 0 aromatic heterocycles. The Morgan fingerprint density at radius 3 is 2.70 bits per heavy atom. The summed E-state index contributed by atoms with van der Waals surface area (Å²) in [5.41, 5.74) is 2.75. The molecule has 0 aromatic carbocycles. The van der Waals surface area contributed by atoms with Crippen molar-refractivity contribution < 1.29 is 4.74 Å².